The zero-order valence-electron chi connectivity index (χ0n) is 17.7. The monoisotopic (exact) mass is 430 g/mol. The molecule has 2 aromatic heterocycles. The van der Waals surface area contributed by atoms with Gasteiger partial charge in [0.05, 0.1) is 11.9 Å². The number of nitrogens with zero attached hydrogens (tertiary/aromatic N) is 3. The van der Waals surface area contributed by atoms with E-state index in [2.05, 4.69) is 10.4 Å². The predicted octanol–water partition coefficient (Wildman–Crippen LogP) is 3.71. The van der Waals surface area contributed by atoms with Gasteiger partial charge in [0, 0.05) is 18.5 Å². The van der Waals surface area contributed by atoms with Crippen LogP contribution in [0.25, 0.3) is 16.7 Å². The van der Waals surface area contributed by atoms with Gasteiger partial charge in [0.15, 0.2) is 0 Å². The zero-order chi connectivity index (χ0) is 22.7. The lowest BCUT2D eigenvalue weighted by Crippen LogP contribution is -2.31. The first kappa shape index (κ1) is 21.0. The quantitative estimate of drug-likeness (QED) is 0.470. The summed E-state index contributed by atoms with van der Waals surface area (Å²) in [6.45, 7) is 4.77. The highest BCUT2D eigenvalue weighted by molar-refractivity contribution is 6.09. The number of aromatic nitrogens is 2. The second-order valence-electron chi connectivity index (χ2n) is 7.07. The van der Waals surface area contributed by atoms with Crippen LogP contribution in [0.2, 0.25) is 0 Å². The fraction of sp³-hybridized carbons (Fsp3) is 0.167. The summed E-state index contributed by atoms with van der Waals surface area (Å²) in [5, 5.41) is 7.67. The summed E-state index contributed by atoms with van der Waals surface area (Å²) in [6.07, 6.45) is 1.42. The Hall–Kier alpha value is -4.20. The number of carbonyl (C=O) groups excluding carboxylic acids is 2. The summed E-state index contributed by atoms with van der Waals surface area (Å²) in [5.41, 5.74) is 0.359. The number of hydrogen-bond donors (Lipinski definition) is 1. The number of nitrogens with one attached hydrogen (secondary N) is 1. The Morgan fingerprint density at radius 3 is 2.41 bits per heavy atom. The van der Waals surface area contributed by atoms with Gasteiger partial charge in [0.1, 0.15) is 22.5 Å². The highest BCUT2D eigenvalue weighted by Gasteiger charge is 2.25. The molecule has 0 saturated carbocycles. The van der Waals surface area contributed by atoms with Crippen molar-refractivity contribution in [3.8, 4) is 5.69 Å². The van der Waals surface area contributed by atoms with Crippen LogP contribution in [0, 0.1) is 0 Å². The van der Waals surface area contributed by atoms with Gasteiger partial charge in [-0.25, -0.2) is 9.48 Å². The van der Waals surface area contributed by atoms with Crippen molar-refractivity contribution in [2.24, 2.45) is 0 Å². The van der Waals surface area contributed by atoms with Crippen molar-refractivity contribution in [3.63, 3.8) is 0 Å². The lowest BCUT2D eigenvalue weighted by molar-refractivity contribution is 0.0774. The first-order valence-electron chi connectivity index (χ1n) is 10.3. The van der Waals surface area contributed by atoms with Crippen molar-refractivity contribution in [2.75, 3.05) is 18.4 Å². The minimum Gasteiger partial charge on any atom is -0.422 e. The van der Waals surface area contributed by atoms with Crippen molar-refractivity contribution < 1.29 is 14.0 Å². The molecular weight excluding hydrogens is 408 g/mol. The molecule has 1 N–H and O–H groups in total. The van der Waals surface area contributed by atoms with Crippen LogP contribution in [-0.4, -0.2) is 39.6 Å². The highest BCUT2D eigenvalue weighted by atomic mass is 16.4. The number of hydrogen-bond acceptors (Lipinski definition) is 5. The summed E-state index contributed by atoms with van der Waals surface area (Å²) < 4.78 is 6.75. The summed E-state index contributed by atoms with van der Waals surface area (Å²) in [4.78, 5) is 40.3. The SMILES string of the molecule is CCN(CC)C(=O)c1cnn(-c2ccccc2)c1NC(=O)c1cc2ccccc2oc1=O. The Labute approximate surface area is 184 Å². The van der Waals surface area contributed by atoms with E-state index in [4.69, 9.17) is 4.42 Å². The van der Waals surface area contributed by atoms with Crippen molar-refractivity contribution in [3.05, 3.63) is 88.4 Å². The van der Waals surface area contributed by atoms with E-state index in [-0.39, 0.29) is 22.9 Å². The van der Waals surface area contributed by atoms with E-state index in [1.165, 1.54) is 16.9 Å². The Kier molecular flexibility index (Phi) is 5.85. The van der Waals surface area contributed by atoms with Gasteiger partial charge >= 0.3 is 5.63 Å². The van der Waals surface area contributed by atoms with E-state index >= 15 is 0 Å². The maximum atomic E-state index is 13.1. The number of para-hydroxylation sites is 2. The fourth-order valence-corrected chi connectivity index (χ4v) is 3.47. The van der Waals surface area contributed by atoms with Gasteiger partial charge in [-0.2, -0.15) is 5.10 Å². The number of amides is 2. The van der Waals surface area contributed by atoms with Crippen molar-refractivity contribution in [1.82, 2.24) is 14.7 Å². The van der Waals surface area contributed by atoms with Gasteiger partial charge < -0.3 is 14.6 Å². The normalized spacial score (nSPS) is 10.8. The van der Waals surface area contributed by atoms with Crippen LogP contribution in [0.15, 0.2) is 76.1 Å². The molecule has 2 heterocycles. The molecule has 4 aromatic rings. The highest BCUT2D eigenvalue weighted by Crippen LogP contribution is 2.23. The minimum absolute atomic E-state index is 0.161. The number of carbonyl (C=O) groups is 2. The third-order valence-corrected chi connectivity index (χ3v) is 5.17. The number of rotatable bonds is 6. The van der Waals surface area contributed by atoms with Crippen LogP contribution < -0.4 is 10.9 Å². The smallest absolute Gasteiger partial charge is 0.349 e. The van der Waals surface area contributed by atoms with Crippen molar-refractivity contribution in [2.45, 2.75) is 13.8 Å². The molecule has 0 bridgehead atoms. The molecule has 0 unspecified atom stereocenters. The molecule has 162 valence electrons. The average Bonchev–Trinajstić information content (AvgIpc) is 3.23. The van der Waals surface area contributed by atoms with Gasteiger partial charge in [-0.05, 0) is 38.1 Å². The van der Waals surface area contributed by atoms with Crippen LogP contribution in [0.4, 0.5) is 5.82 Å². The van der Waals surface area contributed by atoms with Crippen LogP contribution in [0.3, 0.4) is 0 Å². The second-order valence-corrected chi connectivity index (χ2v) is 7.07. The minimum atomic E-state index is -0.761. The molecule has 0 aliphatic heterocycles. The predicted molar refractivity (Wildman–Crippen MR) is 121 cm³/mol. The van der Waals surface area contributed by atoms with Gasteiger partial charge in [0.25, 0.3) is 11.8 Å². The second kappa shape index (κ2) is 8.89. The average molecular weight is 430 g/mol. The van der Waals surface area contributed by atoms with Gasteiger partial charge in [-0.15, -0.1) is 0 Å². The first-order chi connectivity index (χ1) is 15.5. The van der Waals surface area contributed by atoms with E-state index in [9.17, 15) is 14.4 Å². The fourth-order valence-electron chi connectivity index (χ4n) is 3.47. The zero-order valence-corrected chi connectivity index (χ0v) is 17.7. The standard InChI is InChI=1S/C24H22N4O4/c1-3-27(4-2)23(30)19-15-25-28(17-11-6-5-7-12-17)21(19)26-22(29)18-14-16-10-8-9-13-20(16)32-24(18)31/h5-15H,3-4H2,1-2H3,(H,26,29). The molecule has 0 saturated heterocycles. The summed E-state index contributed by atoms with van der Waals surface area (Å²) in [5.74, 6) is -0.764. The third kappa shape index (κ3) is 3.90. The van der Waals surface area contributed by atoms with E-state index in [1.807, 2.05) is 32.0 Å². The Balaban J connectivity index is 1.79. The molecule has 0 fully saturated rings. The third-order valence-electron chi connectivity index (χ3n) is 5.17. The van der Waals surface area contributed by atoms with Crippen LogP contribution >= 0.6 is 0 Å². The molecule has 2 aromatic carbocycles. The van der Waals surface area contributed by atoms with Crippen molar-refractivity contribution in [1.29, 1.82) is 0 Å². The molecule has 8 nitrogen and oxygen atoms in total. The van der Waals surface area contributed by atoms with Crippen LogP contribution in [-0.2, 0) is 0 Å². The first-order valence-corrected chi connectivity index (χ1v) is 10.3. The molecule has 0 atom stereocenters. The number of anilines is 1. The molecule has 2 amide bonds. The topological polar surface area (TPSA) is 97.4 Å². The molecule has 8 heteroatoms. The lowest BCUT2D eigenvalue weighted by Gasteiger charge is -2.19. The molecule has 0 aliphatic carbocycles. The summed E-state index contributed by atoms with van der Waals surface area (Å²) in [7, 11) is 0. The van der Waals surface area contributed by atoms with E-state index in [0.717, 1.165) is 0 Å². The lowest BCUT2D eigenvalue weighted by atomic mass is 10.1. The van der Waals surface area contributed by atoms with E-state index < -0.39 is 11.5 Å². The van der Waals surface area contributed by atoms with Crippen LogP contribution in [0.1, 0.15) is 34.6 Å². The maximum Gasteiger partial charge on any atom is 0.349 e. The van der Waals surface area contributed by atoms with E-state index in [0.29, 0.717) is 29.7 Å². The molecule has 32 heavy (non-hydrogen) atoms. The number of fused-ring (bicyclic) bond motifs is 1. The van der Waals surface area contributed by atoms with Gasteiger partial charge in [0.2, 0.25) is 0 Å². The Bertz CT molecular complexity index is 1340. The van der Waals surface area contributed by atoms with Crippen molar-refractivity contribution >= 4 is 28.6 Å². The summed E-state index contributed by atoms with van der Waals surface area (Å²) >= 11 is 0. The summed E-state index contributed by atoms with van der Waals surface area (Å²) in [6, 6.07) is 17.5. The van der Waals surface area contributed by atoms with Gasteiger partial charge in [-0.1, -0.05) is 36.4 Å². The molecule has 0 spiro atoms. The maximum absolute atomic E-state index is 13.1. The molecule has 4 rings (SSSR count). The molecular formula is C24H22N4O4. The molecule has 0 aliphatic rings. The Morgan fingerprint density at radius 2 is 1.69 bits per heavy atom. The molecule has 0 radical (unpaired) electrons. The number of benzene rings is 2. The van der Waals surface area contributed by atoms with Gasteiger partial charge in [-0.3, -0.25) is 9.59 Å². The van der Waals surface area contributed by atoms with E-state index in [1.54, 1.807) is 41.3 Å². The van der Waals surface area contributed by atoms with Crippen LogP contribution in [0.5, 0.6) is 0 Å². The largest absolute Gasteiger partial charge is 0.422 e. The Morgan fingerprint density at radius 1 is 1.00 bits per heavy atom.